The molecule has 2 saturated heterocycles. The average molecular weight is 294 g/mol. The number of rotatable bonds is 3. The lowest BCUT2D eigenvalue weighted by molar-refractivity contribution is -0.115. The second-order valence-electron chi connectivity index (χ2n) is 7.62. The minimum absolute atomic E-state index is 0.160. The smallest absolute Gasteiger partial charge is 0.0692 e. The zero-order valence-electron chi connectivity index (χ0n) is 14.1. The van der Waals surface area contributed by atoms with Crippen LogP contribution in [0, 0.1) is 0 Å². The minimum Gasteiger partial charge on any atom is -0.375 e. The number of nitrogens with zero attached hydrogens (tertiary/aromatic N) is 1. The van der Waals surface area contributed by atoms with E-state index in [4.69, 9.17) is 4.74 Å². The van der Waals surface area contributed by atoms with Gasteiger partial charge in [-0.25, -0.2) is 0 Å². The maximum absolute atomic E-state index is 6.18. The van der Waals surface area contributed by atoms with E-state index in [-0.39, 0.29) is 5.60 Å². The summed E-state index contributed by atoms with van der Waals surface area (Å²) in [6, 6.07) is 0.750. The first-order valence-corrected chi connectivity index (χ1v) is 9.34. The van der Waals surface area contributed by atoms with Crippen molar-refractivity contribution < 1.29 is 4.74 Å². The molecule has 3 heteroatoms. The zero-order chi connectivity index (χ0) is 14.8. The van der Waals surface area contributed by atoms with E-state index in [9.17, 15) is 0 Å². The van der Waals surface area contributed by atoms with Crippen molar-refractivity contribution in [2.24, 2.45) is 0 Å². The van der Waals surface area contributed by atoms with Crippen LogP contribution < -0.4 is 5.32 Å². The number of hydrogen-bond donors (Lipinski definition) is 1. The third-order valence-electron chi connectivity index (χ3n) is 6.49. The van der Waals surface area contributed by atoms with Crippen molar-refractivity contribution in [3.05, 3.63) is 0 Å². The Morgan fingerprint density at radius 3 is 2.62 bits per heavy atom. The summed E-state index contributed by atoms with van der Waals surface area (Å²) < 4.78 is 6.18. The van der Waals surface area contributed by atoms with Gasteiger partial charge in [0.15, 0.2) is 0 Å². The van der Waals surface area contributed by atoms with Gasteiger partial charge < -0.3 is 10.1 Å². The molecule has 21 heavy (non-hydrogen) atoms. The molecule has 1 N–H and O–H groups in total. The summed E-state index contributed by atoms with van der Waals surface area (Å²) in [5, 5.41) is 3.88. The molecule has 3 aliphatic rings. The van der Waals surface area contributed by atoms with Crippen molar-refractivity contribution in [1.29, 1.82) is 0 Å². The van der Waals surface area contributed by atoms with Gasteiger partial charge in [-0.15, -0.1) is 0 Å². The van der Waals surface area contributed by atoms with Crippen LogP contribution in [0.4, 0.5) is 0 Å². The first-order valence-electron chi connectivity index (χ1n) is 9.34. The highest BCUT2D eigenvalue weighted by atomic mass is 16.5. The Kier molecular flexibility index (Phi) is 4.92. The molecule has 3 nitrogen and oxygen atoms in total. The van der Waals surface area contributed by atoms with E-state index in [0.717, 1.165) is 25.5 Å². The molecule has 1 unspecified atom stereocenters. The van der Waals surface area contributed by atoms with Crippen molar-refractivity contribution in [3.8, 4) is 0 Å². The Bertz CT molecular complexity index is 329. The van der Waals surface area contributed by atoms with E-state index in [1.165, 1.54) is 64.6 Å². The van der Waals surface area contributed by atoms with Gasteiger partial charge in [0, 0.05) is 37.8 Å². The fraction of sp³-hybridized carbons (Fsp3) is 1.00. The fourth-order valence-electron chi connectivity index (χ4n) is 4.92. The van der Waals surface area contributed by atoms with Crippen LogP contribution in [-0.4, -0.2) is 48.3 Å². The minimum atomic E-state index is 0.160. The zero-order valence-corrected chi connectivity index (χ0v) is 14.1. The van der Waals surface area contributed by atoms with Crippen LogP contribution in [0.15, 0.2) is 0 Å². The molecule has 0 radical (unpaired) electrons. The molecular formula is C18H34N2O. The average Bonchev–Trinajstić information content (AvgIpc) is 2.55. The highest BCUT2D eigenvalue weighted by molar-refractivity contribution is 5.00. The van der Waals surface area contributed by atoms with Crippen LogP contribution in [0.3, 0.4) is 0 Å². The number of hydrogen-bond acceptors (Lipinski definition) is 3. The van der Waals surface area contributed by atoms with Crippen LogP contribution in [-0.2, 0) is 4.74 Å². The summed E-state index contributed by atoms with van der Waals surface area (Å²) in [5.74, 6) is 0. The summed E-state index contributed by atoms with van der Waals surface area (Å²) in [6.07, 6.45) is 11.9. The number of piperazine rings is 1. The van der Waals surface area contributed by atoms with E-state index in [2.05, 4.69) is 24.1 Å². The van der Waals surface area contributed by atoms with Crippen LogP contribution in [0.2, 0.25) is 0 Å². The lowest BCUT2D eigenvalue weighted by Gasteiger charge is -2.51. The molecule has 2 heterocycles. The Labute approximate surface area is 130 Å². The Hall–Kier alpha value is -0.120. The maximum atomic E-state index is 6.18. The summed E-state index contributed by atoms with van der Waals surface area (Å²) >= 11 is 0. The highest BCUT2D eigenvalue weighted by Gasteiger charge is 2.42. The molecule has 1 saturated carbocycles. The summed E-state index contributed by atoms with van der Waals surface area (Å²) in [4.78, 5) is 2.81. The van der Waals surface area contributed by atoms with Gasteiger partial charge in [-0.1, -0.05) is 33.1 Å². The maximum Gasteiger partial charge on any atom is 0.0692 e. The molecule has 3 fully saturated rings. The number of ether oxygens (including phenoxy) is 1. The second kappa shape index (κ2) is 6.55. The molecule has 1 spiro atoms. The Morgan fingerprint density at radius 2 is 1.90 bits per heavy atom. The van der Waals surface area contributed by atoms with Crippen molar-refractivity contribution in [3.63, 3.8) is 0 Å². The molecule has 0 aromatic heterocycles. The van der Waals surface area contributed by atoms with Crippen LogP contribution in [0.5, 0.6) is 0 Å². The van der Waals surface area contributed by atoms with E-state index >= 15 is 0 Å². The van der Waals surface area contributed by atoms with E-state index in [1.807, 2.05) is 0 Å². The van der Waals surface area contributed by atoms with Crippen LogP contribution >= 0.6 is 0 Å². The van der Waals surface area contributed by atoms with E-state index in [0.29, 0.717) is 5.54 Å². The second-order valence-corrected chi connectivity index (χ2v) is 7.62. The highest BCUT2D eigenvalue weighted by Crippen LogP contribution is 2.36. The fourth-order valence-corrected chi connectivity index (χ4v) is 4.92. The van der Waals surface area contributed by atoms with Crippen LogP contribution in [0.1, 0.15) is 71.6 Å². The topological polar surface area (TPSA) is 24.5 Å². The van der Waals surface area contributed by atoms with Gasteiger partial charge in [0.25, 0.3) is 0 Å². The van der Waals surface area contributed by atoms with Gasteiger partial charge in [0.05, 0.1) is 5.60 Å². The molecule has 1 aliphatic carbocycles. The van der Waals surface area contributed by atoms with Gasteiger partial charge in [0.1, 0.15) is 0 Å². The van der Waals surface area contributed by atoms with Crippen molar-refractivity contribution in [2.75, 3.05) is 26.2 Å². The van der Waals surface area contributed by atoms with E-state index in [1.54, 1.807) is 0 Å². The molecule has 0 bridgehead atoms. The van der Waals surface area contributed by atoms with Crippen LogP contribution in [0.25, 0.3) is 0 Å². The molecule has 122 valence electrons. The molecule has 1 atom stereocenters. The standard InChI is InChI=1S/C18H34N2O/c1-3-18(4-2)14-16(8-13-21-18)20-12-11-19-17(15-20)9-6-5-7-10-17/h16,19H,3-15H2,1-2H3. The van der Waals surface area contributed by atoms with Gasteiger partial charge in [-0.2, -0.15) is 0 Å². The predicted molar refractivity (Wildman–Crippen MR) is 87.7 cm³/mol. The number of nitrogens with one attached hydrogen (secondary N) is 1. The van der Waals surface area contributed by atoms with Crippen molar-refractivity contribution in [2.45, 2.75) is 88.8 Å². The predicted octanol–water partition coefficient (Wildman–Crippen LogP) is 3.33. The third-order valence-corrected chi connectivity index (χ3v) is 6.49. The third kappa shape index (κ3) is 3.30. The van der Waals surface area contributed by atoms with E-state index < -0.39 is 0 Å². The Morgan fingerprint density at radius 1 is 1.14 bits per heavy atom. The largest absolute Gasteiger partial charge is 0.375 e. The molecular weight excluding hydrogens is 260 g/mol. The van der Waals surface area contributed by atoms with Gasteiger partial charge in [-0.3, -0.25) is 4.90 Å². The van der Waals surface area contributed by atoms with Gasteiger partial charge >= 0.3 is 0 Å². The summed E-state index contributed by atoms with van der Waals surface area (Å²) in [5.41, 5.74) is 0.601. The van der Waals surface area contributed by atoms with Gasteiger partial charge in [-0.05, 0) is 38.5 Å². The SMILES string of the molecule is CCC1(CC)CC(N2CCNC3(CCCCC3)C2)CCO1. The molecule has 3 rings (SSSR count). The summed E-state index contributed by atoms with van der Waals surface area (Å²) in [6.45, 7) is 9.25. The molecule has 0 aromatic carbocycles. The molecule has 2 aliphatic heterocycles. The quantitative estimate of drug-likeness (QED) is 0.864. The lowest BCUT2D eigenvalue weighted by atomic mass is 9.78. The van der Waals surface area contributed by atoms with Gasteiger partial charge in [0.2, 0.25) is 0 Å². The lowest BCUT2D eigenvalue weighted by Crippen LogP contribution is -2.64. The first-order chi connectivity index (χ1) is 10.2. The van der Waals surface area contributed by atoms with Crippen molar-refractivity contribution >= 4 is 0 Å². The Balaban J connectivity index is 1.65. The molecule has 0 amide bonds. The first kappa shape index (κ1) is 15.8. The normalized spacial score (nSPS) is 33.1. The molecule has 0 aromatic rings. The van der Waals surface area contributed by atoms with Crippen molar-refractivity contribution in [1.82, 2.24) is 10.2 Å². The monoisotopic (exact) mass is 294 g/mol. The summed E-state index contributed by atoms with van der Waals surface area (Å²) in [7, 11) is 0.